The molecule has 0 N–H and O–H groups in total. The zero-order chi connectivity index (χ0) is 14.0. The van der Waals surface area contributed by atoms with Crippen LogP contribution in [0.2, 0.25) is 0 Å². The van der Waals surface area contributed by atoms with E-state index in [1.807, 2.05) is 30.0 Å². The normalized spacial score (nSPS) is 19.2. The largest absolute Gasteiger partial charge is 0.334 e. The zero-order valence-electron chi connectivity index (χ0n) is 11.8. The second-order valence-corrected chi connectivity index (χ2v) is 6.39. The number of hydrogen-bond acceptors (Lipinski definition) is 2. The Hall–Kier alpha value is -0.870. The van der Waals surface area contributed by atoms with E-state index in [9.17, 15) is 4.79 Å². The van der Waals surface area contributed by atoms with E-state index < -0.39 is 0 Å². The highest BCUT2D eigenvalue weighted by molar-refractivity contribution is 9.10. The van der Waals surface area contributed by atoms with Gasteiger partial charge >= 0.3 is 0 Å². The third-order valence-electron chi connectivity index (χ3n) is 3.57. The van der Waals surface area contributed by atoms with E-state index >= 15 is 0 Å². The SMILES string of the molecule is Cc1ccc(Br)c(C(=O)N2CCCC2CN(C)C)c1. The summed E-state index contributed by atoms with van der Waals surface area (Å²) in [6.45, 7) is 3.83. The van der Waals surface area contributed by atoms with Crippen LogP contribution in [0.1, 0.15) is 28.8 Å². The fraction of sp³-hybridized carbons (Fsp3) is 0.533. The lowest BCUT2D eigenvalue weighted by molar-refractivity contribution is 0.0715. The van der Waals surface area contributed by atoms with Gasteiger partial charge in [0.1, 0.15) is 0 Å². The Balaban J connectivity index is 2.20. The van der Waals surface area contributed by atoms with E-state index in [1.54, 1.807) is 0 Å². The van der Waals surface area contributed by atoms with Gasteiger partial charge in [-0.2, -0.15) is 0 Å². The minimum absolute atomic E-state index is 0.153. The first-order chi connectivity index (χ1) is 8.99. The number of benzene rings is 1. The van der Waals surface area contributed by atoms with Crippen molar-refractivity contribution in [1.29, 1.82) is 0 Å². The number of carbonyl (C=O) groups is 1. The van der Waals surface area contributed by atoms with Gasteiger partial charge in [0.2, 0.25) is 0 Å². The monoisotopic (exact) mass is 324 g/mol. The van der Waals surface area contributed by atoms with Crippen molar-refractivity contribution in [1.82, 2.24) is 9.80 Å². The predicted molar refractivity (Wildman–Crippen MR) is 81.5 cm³/mol. The molecule has 19 heavy (non-hydrogen) atoms. The van der Waals surface area contributed by atoms with Gasteiger partial charge in [0.25, 0.3) is 5.91 Å². The number of hydrogen-bond donors (Lipinski definition) is 0. The molecule has 1 aromatic carbocycles. The second kappa shape index (κ2) is 6.06. The maximum Gasteiger partial charge on any atom is 0.255 e. The summed E-state index contributed by atoms with van der Waals surface area (Å²) in [6.07, 6.45) is 2.21. The molecule has 1 fully saturated rings. The molecule has 1 atom stereocenters. The van der Waals surface area contributed by atoms with Crippen molar-refractivity contribution in [3.63, 3.8) is 0 Å². The summed E-state index contributed by atoms with van der Waals surface area (Å²) in [4.78, 5) is 16.9. The molecule has 2 rings (SSSR count). The molecule has 4 heteroatoms. The lowest BCUT2D eigenvalue weighted by Crippen LogP contribution is -2.41. The summed E-state index contributed by atoms with van der Waals surface area (Å²) in [7, 11) is 4.12. The zero-order valence-corrected chi connectivity index (χ0v) is 13.4. The number of carbonyl (C=O) groups excluding carboxylic acids is 1. The van der Waals surface area contributed by atoms with Crippen molar-refractivity contribution in [2.24, 2.45) is 0 Å². The standard InChI is InChI=1S/C15H21BrN2O/c1-11-6-7-14(16)13(9-11)15(19)18-8-4-5-12(18)10-17(2)3/h6-7,9,12H,4-5,8,10H2,1-3H3. The van der Waals surface area contributed by atoms with Crippen LogP contribution in [0, 0.1) is 6.92 Å². The number of likely N-dealkylation sites (N-methyl/N-ethyl adjacent to an activating group) is 1. The Kier molecular flexibility index (Phi) is 4.63. The van der Waals surface area contributed by atoms with E-state index in [1.165, 1.54) is 0 Å². The third kappa shape index (κ3) is 3.37. The minimum atomic E-state index is 0.153. The fourth-order valence-corrected chi connectivity index (χ4v) is 3.09. The average Bonchev–Trinajstić information content (AvgIpc) is 2.78. The molecule has 0 radical (unpaired) electrons. The molecule has 1 aliphatic rings. The minimum Gasteiger partial charge on any atom is -0.334 e. The molecule has 0 aliphatic carbocycles. The van der Waals surface area contributed by atoms with Gasteiger partial charge in [-0.1, -0.05) is 11.6 Å². The molecular weight excluding hydrogens is 304 g/mol. The first kappa shape index (κ1) is 14.5. The predicted octanol–water partition coefficient (Wildman–Crippen LogP) is 2.92. The van der Waals surface area contributed by atoms with E-state index in [-0.39, 0.29) is 5.91 Å². The van der Waals surface area contributed by atoms with Gasteiger partial charge in [-0.15, -0.1) is 0 Å². The molecule has 3 nitrogen and oxygen atoms in total. The topological polar surface area (TPSA) is 23.6 Å². The van der Waals surface area contributed by atoms with Crippen LogP contribution in [0.3, 0.4) is 0 Å². The molecule has 1 amide bonds. The Labute approximate surface area is 123 Å². The van der Waals surface area contributed by atoms with E-state index in [4.69, 9.17) is 0 Å². The highest BCUT2D eigenvalue weighted by atomic mass is 79.9. The van der Waals surface area contributed by atoms with E-state index in [0.29, 0.717) is 6.04 Å². The average molecular weight is 325 g/mol. The van der Waals surface area contributed by atoms with Crippen LogP contribution in [0.4, 0.5) is 0 Å². The van der Waals surface area contributed by atoms with Crippen LogP contribution >= 0.6 is 15.9 Å². The van der Waals surface area contributed by atoms with Gasteiger partial charge < -0.3 is 9.80 Å². The lowest BCUT2D eigenvalue weighted by Gasteiger charge is -2.27. The second-order valence-electron chi connectivity index (χ2n) is 5.54. The maximum absolute atomic E-state index is 12.7. The summed E-state index contributed by atoms with van der Waals surface area (Å²) >= 11 is 3.49. The molecule has 0 aromatic heterocycles. The van der Waals surface area contributed by atoms with Gasteiger partial charge in [0, 0.05) is 23.6 Å². The van der Waals surface area contributed by atoms with Crippen LogP contribution in [0.25, 0.3) is 0 Å². The number of nitrogens with zero attached hydrogens (tertiary/aromatic N) is 2. The summed E-state index contributed by atoms with van der Waals surface area (Å²) in [5.41, 5.74) is 1.90. The molecule has 104 valence electrons. The van der Waals surface area contributed by atoms with Gasteiger partial charge in [0.05, 0.1) is 5.56 Å². The number of amides is 1. The Morgan fingerprint density at radius 1 is 1.47 bits per heavy atom. The number of likely N-dealkylation sites (tertiary alicyclic amines) is 1. The number of halogens is 1. The summed E-state index contributed by atoms with van der Waals surface area (Å²) < 4.78 is 0.888. The van der Waals surface area contributed by atoms with E-state index in [0.717, 1.165) is 41.5 Å². The van der Waals surface area contributed by atoms with E-state index in [2.05, 4.69) is 34.9 Å². The Morgan fingerprint density at radius 3 is 2.89 bits per heavy atom. The first-order valence-electron chi connectivity index (χ1n) is 6.71. The summed E-state index contributed by atoms with van der Waals surface area (Å²) in [5.74, 6) is 0.153. The quantitative estimate of drug-likeness (QED) is 0.853. The molecule has 1 aliphatic heterocycles. The fourth-order valence-electron chi connectivity index (χ4n) is 2.67. The van der Waals surface area contributed by atoms with Crippen molar-refractivity contribution >= 4 is 21.8 Å². The Bertz CT molecular complexity index is 473. The van der Waals surface area contributed by atoms with Crippen LogP contribution < -0.4 is 0 Å². The molecule has 0 spiro atoms. The molecule has 1 saturated heterocycles. The molecule has 1 unspecified atom stereocenters. The van der Waals surface area contributed by atoms with Crippen LogP contribution in [-0.2, 0) is 0 Å². The molecule has 1 aromatic rings. The highest BCUT2D eigenvalue weighted by Crippen LogP contribution is 2.25. The summed E-state index contributed by atoms with van der Waals surface area (Å²) in [6, 6.07) is 6.29. The van der Waals surface area contributed by atoms with Crippen molar-refractivity contribution in [2.75, 3.05) is 27.2 Å². The van der Waals surface area contributed by atoms with Gasteiger partial charge in [0.15, 0.2) is 0 Å². The van der Waals surface area contributed by atoms with Gasteiger partial charge in [-0.05, 0) is 61.9 Å². The van der Waals surface area contributed by atoms with Crippen LogP contribution in [0.15, 0.2) is 22.7 Å². The lowest BCUT2D eigenvalue weighted by atomic mass is 10.1. The van der Waals surface area contributed by atoms with Crippen LogP contribution in [0.5, 0.6) is 0 Å². The van der Waals surface area contributed by atoms with Crippen molar-refractivity contribution < 1.29 is 4.79 Å². The molecule has 0 bridgehead atoms. The first-order valence-corrected chi connectivity index (χ1v) is 7.50. The molecule has 1 heterocycles. The van der Waals surface area contributed by atoms with Crippen molar-refractivity contribution in [2.45, 2.75) is 25.8 Å². The van der Waals surface area contributed by atoms with Crippen LogP contribution in [-0.4, -0.2) is 48.9 Å². The smallest absolute Gasteiger partial charge is 0.255 e. The molecular formula is C15H21BrN2O. The van der Waals surface area contributed by atoms with Crippen molar-refractivity contribution in [3.05, 3.63) is 33.8 Å². The maximum atomic E-state index is 12.7. The Morgan fingerprint density at radius 2 is 2.21 bits per heavy atom. The van der Waals surface area contributed by atoms with Gasteiger partial charge in [-0.25, -0.2) is 0 Å². The van der Waals surface area contributed by atoms with Gasteiger partial charge in [-0.3, -0.25) is 4.79 Å². The summed E-state index contributed by atoms with van der Waals surface area (Å²) in [5, 5.41) is 0. The highest BCUT2D eigenvalue weighted by Gasteiger charge is 2.30. The third-order valence-corrected chi connectivity index (χ3v) is 4.26. The number of aryl methyl sites for hydroxylation is 1. The molecule has 0 saturated carbocycles. The van der Waals surface area contributed by atoms with Crippen molar-refractivity contribution in [3.8, 4) is 0 Å². The number of rotatable bonds is 3.